The second-order valence-electron chi connectivity index (χ2n) is 3.27. The summed E-state index contributed by atoms with van der Waals surface area (Å²) in [5.74, 6) is -1.23. The summed E-state index contributed by atoms with van der Waals surface area (Å²) in [5, 5.41) is 8.68. The Labute approximate surface area is 92.4 Å². The molecule has 1 aromatic heterocycles. The van der Waals surface area contributed by atoms with Crippen LogP contribution in [-0.4, -0.2) is 29.8 Å². The van der Waals surface area contributed by atoms with E-state index in [1.807, 2.05) is 6.92 Å². The molecule has 5 heteroatoms. The van der Waals surface area contributed by atoms with Gasteiger partial charge in [-0.2, -0.15) is 0 Å². The maximum absolute atomic E-state index is 11.4. The number of carboxylic acids is 1. The molecule has 5 nitrogen and oxygen atoms in total. The maximum atomic E-state index is 11.4. The van der Waals surface area contributed by atoms with E-state index in [9.17, 15) is 9.59 Å². The molecule has 0 radical (unpaired) electrons. The predicted molar refractivity (Wildman–Crippen MR) is 59.5 cm³/mol. The molecule has 1 heterocycles. The van der Waals surface area contributed by atoms with Crippen molar-refractivity contribution in [3.8, 4) is 0 Å². The molecule has 0 fully saturated rings. The van der Waals surface area contributed by atoms with Crippen LogP contribution in [0.2, 0.25) is 0 Å². The van der Waals surface area contributed by atoms with Crippen molar-refractivity contribution in [2.24, 2.45) is 0 Å². The molecule has 86 valence electrons. The number of ether oxygens (including phenoxy) is 1. The molecule has 0 bridgehead atoms. The Bertz CT molecular complexity index is 473. The van der Waals surface area contributed by atoms with E-state index in [1.54, 1.807) is 13.2 Å². The molecule has 1 aromatic rings. The molecule has 0 spiro atoms. The van der Waals surface area contributed by atoms with E-state index in [0.29, 0.717) is 12.3 Å². The molecule has 0 aliphatic carbocycles. The highest BCUT2D eigenvalue weighted by Crippen LogP contribution is 2.08. The van der Waals surface area contributed by atoms with Crippen LogP contribution in [0.1, 0.15) is 23.0 Å². The van der Waals surface area contributed by atoms with Crippen molar-refractivity contribution in [3.05, 3.63) is 39.8 Å². The fraction of sp³-hybridized carbons (Fsp3) is 0.273. The normalized spacial score (nSPS) is 11.5. The van der Waals surface area contributed by atoms with Crippen molar-refractivity contribution in [2.75, 3.05) is 13.7 Å². The first-order chi connectivity index (χ1) is 7.56. The van der Waals surface area contributed by atoms with Crippen molar-refractivity contribution in [1.29, 1.82) is 0 Å². The van der Waals surface area contributed by atoms with Crippen molar-refractivity contribution < 1.29 is 14.6 Å². The van der Waals surface area contributed by atoms with Crippen LogP contribution in [0.3, 0.4) is 0 Å². The molecular weight excluding hydrogens is 210 g/mol. The van der Waals surface area contributed by atoms with Gasteiger partial charge in [-0.05, 0) is 12.5 Å². The lowest BCUT2D eigenvalue weighted by atomic mass is 10.1. The molecule has 1 rings (SSSR count). The summed E-state index contributed by atoms with van der Waals surface area (Å²) in [6, 6.07) is 1.27. The zero-order valence-corrected chi connectivity index (χ0v) is 9.11. The van der Waals surface area contributed by atoms with Crippen LogP contribution in [0.5, 0.6) is 0 Å². The van der Waals surface area contributed by atoms with Crippen LogP contribution in [-0.2, 0) is 4.74 Å². The SMILES string of the molecule is COC/C=C(\C)c1cc(=O)c(C(=O)O)c[nH]1. The van der Waals surface area contributed by atoms with Gasteiger partial charge in [0.25, 0.3) is 0 Å². The first-order valence-electron chi connectivity index (χ1n) is 4.68. The highest BCUT2D eigenvalue weighted by molar-refractivity contribution is 5.87. The van der Waals surface area contributed by atoms with Gasteiger partial charge in [-0.25, -0.2) is 4.79 Å². The molecule has 2 N–H and O–H groups in total. The van der Waals surface area contributed by atoms with Gasteiger partial charge in [0.2, 0.25) is 0 Å². The van der Waals surface area contributed by atoms with Gasteiger partial charge in [-0.3, -0.25) is 4.79 Å². The number of nitrogens with one attached hydrogen (secondary N) is 1. The lowest BCUT2D eigenvalue weighted by Gasteiger charge is -2.02. The largest absolute Gasteiger partial charge is 0.477 e. The van der Waals surface area contributed by atoms with Crippen LogP contribution in [0.4, 0.5) is 0 Å². The topological polar surface area (TPSA) is 79.4 Å². The average molecular weight is 223 g/mol. The number of hydrogen-bond donors (Lipinski definition) is 2. The third-order valence-corrected chi connectivity index (χ3v) is 2.12. The number of hydrogen-bond acceptors (Lipinski definition) is 3. The summed E-state index contributed by atoms with van der Waals surface area (Å²) in [5.41, 5.74) is 0.651. The standard InChI is InChI=1S/C11H13NO4/c1-7(3-4-16-2)9-5-10(13)8(6-12-9)11(14)15/h3,5-6H,4H2,1-2H3,(H,12,13)(H,14,15)/b7-3+. The molecule has 0 saturated heterocycles. The molecule has 0 atom stereocenters. The number of pyridine rings is 1. The minimum Gasteiger partial charge on any atom is -0.477 e. The second-order valence-corrected chi connectivity index (χ2v) is 3.27. The maximum Gasteiger partial charge on any atom is 0.341 e. The number of aromatic nitrogens is 1. The van der Waals surface area contributed by atoms with E-state index in [0.717, 1.165) is 5.57 Å². The lowest BCUT2D eigenvalue weighted by molar-refractivity contribution is 0.0695. The fourth-order valence-corrected chi connectivity index (χ4v) is 1.18. The van der Waals surface area contributed by atoms with E-state index < -0.39 is 11.4 Å². The highest BCUT2D eigenvalue weighted by Gasteiger charge is 2.08. The van der Waals surface area contributed by atoms with Crippen LogP contribution in [0, 0.1) is 0 Å². The molecule has 0 saturated carbocycles. The fourth-order valence-electron chi connectivity index (χ4n) is 1.18. The number of aromatic carboxylic acids is 1. The lowest BCUT2D eigenvalue weighted by Crippen LogP contribution is -2.15. The zero-order valence-electron chi connectivity index (χ0n) is 9.11. The Morgan fingerprint density at radius 2 is 2.31 bits per heavy atom. The number of methoxy groups -OCH3 is 1. The van der Waals surface area contributed by atoms with Crippen molar-refractivity contribution in [3.63, 3.8) is 0 Å². The van der Waals surface area contributed by atoms with Gasteiger partial charge in [0.1, 0.15) is 5.56 Å². The number of carboxylic acid groups (broad SMARTS) is 1. The van der Waals surface area contributed by atoms with Gasteiger partial charge < -0.3 is 14.8 Å². The smallest absolute Gasteiger partial charge is 0.341 e. The van der Waals surface area contributed by atoms with Crippen molar-refractivity contribution in [2.45, 2.75) is 6.92 Å². The Morgan fingerprint density at radius 1 is 1.62 bits per heavy atom. The minimum absolute atomic E-state index is 0.261. The molecule has 16 heavy (non-hydrogen) atoms. The Morgan fingerprint density at radius 3 is 2.81 bits per heavy atom. The van der Waals surface area contributed by atoms with E-state index >= 15 is 0 Å². The summed E-state index contributed by atoms with van der Waals surface area (Å²) in [4.78, 5) is 24.8. The van der Waals surface area contributed by atoms with E-state index in [2.05, 4.69) is 4.98 Å². The summed E-state index contributed by atoms with van der Waals surface area (Å²) in [6.45, 7) is 2.25. The van der Waals surface area contributed by atoms with Crippen molar-refractivity contribution in [1.82, 2.24) is 4.98 Å². The average Bonchev–Trinajstić information content (AvgIpc) is 2.25. The molecule has 0 amide bonds. The molecule has 0 aliphatic rings. The van der Waals surface area contributed by atoms with E-state index in [-0.39, 0.29) is 5.56 Å². The zero-order chi connectivity index (χ0) is 12.1. The molecule has 0 aromatic carbocycles. The first-order valence-corrected chi connectivity index (χ1v) is 4.68. The monoisotopic (exact) mass is 223 g/mol. The highest BCUT2D eigenvalue weighted by atomic mass is 16.5. The Balaban J connectivity index is 3.06. The number of rotatable bonds is 4. The summed E-state index contributed by atoms with van der Waals surface area (Å²) >= 11 is 0. The summed E-state index contributed by atoms with van der Waals surface area (Å²) in [7, 11) is 1.57. The summed E-state index contributed by atoms with van der Waals surface area (Å²) in [6.07, 6.45) is 3.00. The number of carbonyl (C=O) groups is 1. The predicted octanol–water partition coefficient (Wildman–Crippen LogP) is 1.12. The van der Waals surface area contributed by atoms with Crippen LogP contribution in [0.25, 0.3) is 5.57 Å². The summed E-state index contributed by atoms with van der Waals surface area (Å²) < 4.78 is 4.86. The molecule has 0 unspecified atom stereocenters. The molecule has 0 aliphatic heterocycles. The van der Waals surface area contributed by atoms with Gasteiger partial charge in [0.05, 0.1) is 6.61 Å². The first kappa shape index (κ1) is 12.2. The van der Waals surface area contributed by atoms with Gasteiger partial charge in [-0.1, -0.05) is 6.08 Å². The number of H-pyrrole nitrogens is 1. The van der Waals surface area contributed by atoms with Crippen LogP contribution >= 0.6 is 0 Å². The van der Waals surface area contributed by atoms with E-state index in [4.69, 9.17) is 9.84 Å². The van der Waals surface area contributed by atoms with Gasteiger partial charge in [0, 0.05) is 25.1 Å². The van der Waals surface area contributed by atoms with Gasteiger partial charge in [-0.15, -0.1) is 0 Å². The van der Waals surface area contributed by atoms with Gasteiger partial charge in [0.15, 0.2) is 5.43 Å². The molecular formula is C11H13NO4. The van der Waals surface area contributed by atoms with Gasteiger partial charge >= 0.3 is 5.97 Å². The third kappa shape index (κ3) is 2.80. The third-order valence-electron chi connectivity index (χ3n) is 2.12. The van der Waals surface area contributed by atoms with E-state index in [1.165, 1.54) is 12.3 Å². The minimum atomic E-state index is -1.23. The van der Waals surface area contributed by atoms with Crippen LogP contribution in [0.15, 0.2) is 23.1 Å². The number of aromatic amines is 1. The second kappa shape index (κ2) is 5.27. The van der Waals surface area contributed by atoms with Crippen LogP contribution < -0.4 is 5.43 Å². The quantitative estimate of drug-likeness (QED) is 0.801. The number of allylic oxidation sites excluding steroid dienone is 1. The van der Waals surface area contributed by atoms with Crippen molar-refractivity contribution >= 4 is 11.5 Å². The Hall–Kier alpha value is -1.88. The Kier molecular flexibility index (Phi) is 4.02.